The summed E-state index contributed by atoms with van der Waals surface area (Å²) in [4.78, 5) is 12.7. The average molecular weight is 306 g/mol. The highest BCUT2D eigenvalue weighted by molar-refractivity contribution is 5.87. The molecular weight excluding hydrogens is 280 g/mol. The number of nitrogens with one attached hydrogen (secondary N) is 2. The predicted molar refractivity (Wildman–Crippen MR) is 86.6 cm³/mol. The van der Waals surface area contributed by atoms with Crippen LogP contribution in [0.2, 0.25) is 0 Å². The van der Waals surface area contributed by atoms with Gasteiger partial charge in [-0.25, -0.2) is 0 Å². The summed E-state index contributed by atoms with van der Waals surface area (Å²) in [6.45, 7) is 5.73. The summed E-state index contributed by atoms with van der Waals surface area (Å²) in [7, 11) is 3.20. The van der Waals surface area contributed by atoms with Gasteiger partial charge in [-0.15, -0.1) is 0 Å². The third kappa shape index (κ3) is 3.53. The van der Waals surface area contributed by atoms with E-state index >= 15 is 0 Å². The van der Waals surface area contributed by atoms with Gasteiger partial charge in [0.25, 0.3) is 0 Å². The van der Waals surface area contributed by atoms with Crippen LogP contribution in [0, 0.1) is 0 Å². The zero-order valence-corrected chi connectivity index (χ0v) is 13.9. The molecule has 5 nitrogen and oxygen atoms in total. The zero-order valence-electron chi connectivity index (χ0n) is 13.9. The van der Waals surface area contributed by atoms with Crippen molar-refractivity contribution in [3.05, 3.63) is 23.8 Å². The first-order chi connectivity index (χ1) is 10.5. The monoisotopic (exact) mass is 306 g/mol. The van der Waals surface area contributed by atoms with Crippen LogP contribution in [-0.4, -0.2) is 39.3 Å². The van der Waals surface area contributed by atoms with E-state index in [4.69, 9.17) is 9.47 Å². The molecule has 0 radical (unpaired) electrons. The van der Waals surface area contributed by atoms with Crippen molar-refractivity contribution >= 4 is 5.91 Å². The van der Waals surface area contributed by atoms with Gasteiger partial charge in [0, 0.05) is 12.6 Å². The highest BCUT2D eigenvalue weighted by atomic mass is 16.5. The second-order valence-electron chi connectivity index (χ2n) is 6.21. The molecule has 0 bridgehead atoms. The number of ether oxygens (including phenoxy) is 2. The van der Waals surface area contributed by atoms with Crippen molar-refractivity contribution < 1.29 is 14.3 Å². The molecule has 1 aliphatic rings. The van der Waals surface area contributed by atoms with Crippen molar-refractivity contribution in [2.75, 3.05) is 27.3 Å². The summed E-state index contributed by atoms with van der Waals surface area (Å²) < 4.78 is 10.6. The van der Waals surface area contributed by atoms with E-state index < -0.39 is 5.41 Å². The van der Waals surface area contributed by atoms with Gasteiger partial charge < -0.3 is 20.1 Å². The van der Waals surface area contributed by atoms with Gasteiger partial charge in [-0.1, -0.05) is 6.07 Å². The minimum Gasteiger partial charge on any atom is -0.493 e. The fraction of sp³-hybridized carbons (Fsp3) is 0.588. The Hall–Kier alpha value is -1.75. The van der Waals surface area contributed by atoms with Crippen LogP contribution in [0.5, 0.6) is 11.5 Å². The number of rotatable bonds is 5. The normalized spacial score (nSPS) is 18.6. The van der Waals surface area contributed by atoms with Crippen molar-refractivity contribution in [1.82, 2.24) is 10.6 Å². The summed E-state index contributed by atoms with van der Waals surface area (Å²) in [5.41, 5.74) is 0.281. The van der Waals surface area contributed by atoms with E-state index in [0.717, 1.165) is 31.5 Å². The van der Waals surface area contributed by atoms with Crippen LogP contribution in [-0.2, 0) is 10.2 Å². The third-order valence-electron chi connectivity index (χ3n) is 4.30. The standard InChI is InChI=1S/C17H26N2O3/c1-17(2,16(20)19-13-6-5-9-18-11-13)12-7-8-14(21-3)15(10-12)22-4/h7-8,10,13,18H,5-6,9,11H2,1-4H3,(H,19,20). The molecular formula is C17H26N2O3. The number of hydrogen-bond acceptors (Lipinski definition) is 4. The van der Waals surface area contributed by atoms with Gasteiger partial charge in [-0.05, 0) is 50.9 Å². The second kappa shape index (κ2) is 7.01. The van der Waals surface area contributed by atoms with Gasteiger partial charge >= 0.3 is 0 Å². The Bertz CT molecular complexity index is 523. The number of carbonyl (C=O) groups is 1. The molecule has 1 amide bonds. The molecule has 0 spiro atoms. The zero-order chi connectivity index (χ0) is 16.2. The average Bonchev–Trinajstić information content (AvgIpc) is 2.54. The number of methoxy groups -OCH3 is 2. The Kier molecular flexibility index (Phi) is 5.29. The lowest BCUT2D eigenvalue weighted by atomic mass is 9.83. The Morgan fingerprint density at radius 3 is 2.59 bits per heavy atom. The molecule has 0 saturated carbocycles. The lowest BCUT2D eigenvalue weighted by Crippen LogP contribution is -2.50. The van der Waals surface area contributed by atoms with Crippen LogP contribution in [0.3, 0.4) is 0 Å². The molecule has 1 aliphatic heterocycles. The van der Waals surface area contributed by atoms with Crippen LogP contribution in [0.1, 0.15) is 32.3 Å². The maximum Gasteiger partial charge on any atom is 0.230 e. The Morgan fingerprint density at radius 1 is 1.27 bits per heavy atom. The van der Waals surface area contributed by atoms with E-state index in [2.05, 4.69) is 10.6 Å². The lowest BCUT2D eigenvalue weighted by molar-refractivity contribution is -0.126. The number of piperidine rings is 1. The fourth-order valence-electron chi connectivity index (χ4n) is 2.70. The van der Waals surface area contributed by atoms with Crippen LogP contribution in [0.25, 0.3) is 0 Å². The van der Waals surface area contributed by atoms with Gasteiger partial charge in [0.1, 0.15) is 0 Å². The molecule has 0 aliphatic carbocycles. The van der Waals surface area contributed by atoms with Crippen LogP contribution in [0.4, 0.5) is 0 Å². The molecule has 2 rings (SSSR count). The topological polar surface area (TPSA) is 59.6 Å². The molecule has 122 valence electrons. The molecule has 0 aromatic heterocycles. The molecule has 1 fully saturated rings. The van der Waals surface area contributed by atoms with Gasteiger partial charge in [0.05, 0.1) is 19.6 Å². The quantitative estimate of drug-likeness (QED) is 0.871. The first-order valence-corrected chi connectivity index (χ1v) is 7.73. The number of benzene rings is 1. The van der Waals surface area contributed by atoms with Gasteiger partial charge in [0.15, 0.2) is 11.5 Å². The molecule has 1 unspecified atom stereocenters. The van der Waals surface area contributed by atoms with E-state index in [1.165, 1.54) is 0 Å². The SMILES string of the molecule is COc1ccc(C(C)(C)C(=O)NC2CCCNC2)cc1OC. The van der Waals surface area contributed by atoms with E-state index in [1.807, 2.05) is 32.0 Å². The summed E-state index contributed by atoms with van der Waals surface area (Å²) in [5.74, 6) is 1.34. The number of hydrogen-bond donors (Lipinski definition) is 2. The minimum atomic E-state index is -0.628. The maximum absolute atomic E-state index is 12.7. The smallest absolute Gasteiger partial charge is 0.230 e. The van der Waals surface area contributed by atoms with Crippen LogP contribution >= 0.6 is 0 Å². The van der Waals surface area contributed by atoms with E-state index in [0.29, 0.717) is 11.5 Å². The second-order valence-corrected chi connectivity index (χ2v) is 6.21. The Balaban J connectivity index is 2.15. The summed E-state index contributed by atoms with van der Waals surface area (Å²) in [6, 6.07) is 5.84. The molecule has 1 aromatic carbocycles. The first-order valence-electron chi connectivity index (χ1n) is 7.73. The van der Waals surface area contributed by atoms with E-state index in [-0.39, 0.29) is 11.9 Å². The van der Waals surface area contributed by atoms with Crippen molar-refractivity contribution in [3.63, 3.8) is 0 Å². The van der Waals surface area contributed by atoms with Crippen molar-refractivity contribution in [2.24, 2.45) is 0 Å². The summed E-state index contributed by atoms with van der Waals surface area (Å²) in [6.07, 6.45) is 2.13. The third-order valence-corrected chi connectivity index (χ3v) is 4.30. The molecule has 1 aromatic rings. The molecule has 22 heavy (non-hydrogen) atoms. The summed E-state index contributed by atoms with van der Waals surface area (Å²) in [5, 5.41) is 6.46. The molecule has 5 heteroatoms. The largest absolute Gasteiger partial charge is 0.493 e. The number of amides is 1. The molecule has 1 saturated heterocycles. The van der Waals surface area contributed by atoms with Gasteiger partial charge in [0.2, 0.25) is 5.91 Å². The van der Waals surface area contributed by atoms with Crippen LogP contribution < -0.4 is 20.1 Å². The van der Waals surface area contributed by atoms with E-state index in [1.54, 1.807) is 14.2 Å². The fourth-order valence-corrected chi connectivity index (χ4v) is 2.70. The van der Waals surface area contributed by atoms with Crippen molar-refractivity contribution in [2.45, 2.75) is 38.1 Å². The van der Waals surface area contributed by atoms with Crippen LogP contribution in [0.15, 0.2) is 18.2 Å². The Labute approximate surface area is 132 Å². The minimum absolute atomic E-state index is 0.0356. The molecule has 1 atom stereocenters. The predicted octanol–water partition coefficient (Wildman–Crippen LogP) is 1.85. The molecule has 2 N–H and O–H groups in total. The Morgan fingerprint density at radius 2 is 2.00 bits per heavy atom. The highest BCUT2D eigenvalue weighted by Gasteiger charge is 2.32. The molecule has 1 heterocycles. The summed E-state index contributed by atoms with van der Waals surface area (Å²) >= 11 is 0. The maximum atomic E-state index is 12.7. The van der Waals surface area contributed by atoms with Crippen molar-refractivity contribution in [3.8, 4) is 11.5 Å². The van der Waals surface area contributed by atoms with Gasteiger partial charge in [-0.3, -0.25) is 4.79 Å². The first kappa shape index (κ1) is 16.6. The van der Waals surface area contributed by atoms with Gasteiger partial charge in [-0.2, -0.15) is 0 Å². The highest BCUT2D eigenvalue weighted by Crippen LogP contribution is 2.33. The number of carbonyl (C=O) groups excluding carboxylic acids is 1. The van der Waals surface area contributed by atoms with Crippen molar-refractivity contribution in [1.29, 1.82) is 0 Å². The van der Waals surface area contributed by atoms with E-state index in [9.17, 15) is 4.79 Å². The lowest BCUT2D eigenvalue weighted by Gasteiger charge is -2.30.